The molecule has 4 rings (SSSR count). The third-order valence-electron chi connectivity index (χ3n) is 5.76. The summed E-state index contributed by atoms with van der Waals surface area (Å²) in [5, 5.41) is 13.5. The fourth-order valence-electron chi connectivity index (χ4n) is 3.86. The standard InChI is InChI=1S/C28H23Cl2N3O2S/c1-18-7-11-22(12-8-18)33-27(35)25(15-20-9-10-21(29)16-24(20)30)36-28(33)23(17-31)26(34)32-14-13-19-5-3-2-4-6-19/h2-12,16,25H,13-15H2,1H3,(H,32,34). The first-order valence-electron chi connectivity index (χ1n) is 11.3. The van der Waals surface area contributed by atoms with Crippen molar-refractivity contribution in [2.75, 3.05) is 11.4 Å². The summed E-state index contributed by atoms with van der Waals surface area (Å²) < 4.78 is 0. The van der Waals surface area contributed by atoms with Crippen LogP contribution in [0.5, 0.6) is 0 Å². The van der Waals surface area contributed by atoms with Gasteiger partial charge in [0.25, 0.3) is 5.91 Å². The van der Waals surface area contributed by atoms with E-state index in [4.69, 9.17) is 23.2 Å². The minimum Gasteiger partial charge on any atom is -0.351 e. The molecule has 0 saturated carbocycles. The van der Waals surface area contributed by atoms with Gasteiger partial charge in [0.15, 0.2) is 0 Å². The second-order valence-electron chi connectivity index (χ2n) is 8.34. The molecule has 8 heteroatoms. The number of nitrogens with one attached hydrogen (secondary N) is 1. The molecule has 1 fully saturated rings. The summed E-state index contributed by atoms with van der Waals surface area (Å²) in [6.07, 6.45) is 0.964. The average Bonchev–Trinajstić information content (AvgIpc) is 3.18. The largest absolute Gasteiger partial charge is 0.351 e. The van der Waals surface area contributed by atoms with Crippen LogP contribution in [0.1, 0.15) is 16.7 Å². The second-order valence-corrected chi connectivity index (χ2v) is 10.4. The van der Waals surface area contributed by atoms with Crippen molar-refractivity contribution in [1.29, 1.82) is 5.26 Å². The normalized spacial score (nSPS) is 16.6. The van der Waals surface area contributed by atoms with Crippen LogP contribution in [0, 0.1) is 18.3 Å². The van der Waals surface area contributed by atoms with E-state index in [1.807, 2.05) is 67.6 Å². The number of halogens is 2. The molecule has 1 aliphatic heterocycles. The van der Waals surface area contributed by atoms with Crippen LogP contribution < -0.4 is 10.2 Å². The molecule has 0 bridgehead atoms. The smallest absolute Gasteiger partial charge is 0.264 e. The molecule has 5 nitrogen and oxygen atoms in total. The summed E-state index contributed by atoms with van der Waals surface area (Å²) >= 11 is 13.6. The lowest BCUT2D eigenvalue weighted by Crippen LogP contribution is -2.32. The van der Waals surface area contributed by atoms with Gasteiger partial charge in [-0.25, -0.2) is 0 Å². The number of anilines is 1. The molecule has 1 atom stereocenters. The number of hydrogen-bond acceptors (Lipinski definition) is 4. The van der Waals surface area contributed by atoms with Crippen LogP contribution in [0.2, 0.25) is 10.0 Å². The highest BCUT2D eigenvalue weighted by Gasteiger charge is 2.41. The van der Waals surface area contributed by atoms with Gasteiger partial charge in [-0.15, -0.1) is 0 Å². The van der Waals surface area contributed by atoms with Crippen molar-refractivity contribution in [2.24, 2.45) is 0 Å². The van der Waals surface area contributed by atoms with Gasteiger partial charge in [-0.2, -0.15) is 5.26 Å². The maximum atomic E-state index is 13.6. The monoisotopic (exact) mass is 535 g/mol. The first-order valence-corrected chi connectivity index (χ1v) is 13.0. The van der Waals surface area contributed by atoms with E-state index < -0.39 is 11.2 Å². The Morgan fingerprint density at radius 3 is 2.47 bits per heavy atom. The topological polar surface area (TPSA) is 73.2 Å². The molecule has 182 valence electrons. The quantitative estimate of drug-likeness (QED) is 0.293. The second kappa shape index (κ2) is 11.7. The van der Waals surface area contributed by atoms with E-state index in [0.717, 1.165) is 16.7 Å². The molecule has 1 saturated heterocycles. The Morgan fingerprint density at radius 2 is 1.81 bits per heavy atom. The van der Waals surface area contributed by atoms with Gasteiger partial charge >= 0.3 is 0 Å². The molecule has 3 aromatic rings. The van der Waals surface area contributed by atoms with Gasteiger partial charge < -0.3 is 5.32 Å². The zero-order valence-corrected chi connectivity index (χ0v) is 21.8. The Balaban J connectivity index is 1.63. The van der Waals surface area contributed by atoms with Crippen molar-refractivity contribution >= 4 is 52.5 Å². The number of carbonyl (C=O) groups is 2. The number of carbonyl (C=O) groups excluding carboxylic acids is 2. The third-order valence-corrected chi connectivity index (χ3v) is 7.61. The highest BCUT2D eigenvalue weighted by Crippen LogP contribution is 2.42. The summed E-state index contributed by atoms with van der Waals surface area (Å²) in [6.45, 7) is 2.32. The molecule has 1 aliphatic rings. The number of nitriles is 1. The molecule has 3 aromatic carbocycles. The summed E-state index contributed by atoms with van der Waals surface area (Å²) in [6, 6.07) is 24.4. The molecule has 1 unspecified atom stereocenters. The Bertz CT molecular complexity index is 1350. The molecule has 0 spiro atoms. The number of hydrogen-bond donors (Lipinski definition) is 1. The summed E-state index contributed by atoms with van der Waals surface area (Å²) in [4.78, 5) is 28.1. The highest BCUT2D eigenvalue weighted by atomic mass is 35.5. The van der Waals surface area contributed by atoms with Gasteiger partial charge in [0.05, 0.1) is 5.25 Å². The van der Waals surface area contributed by atoms with Crippen LogP contribution >= 0.6 is 35.0 Å². The lowest BCUT2D eigenvalue weighted by atomic mass is 10.1. The molecular weight excluding hydrogens is 513 g/mol. The van der Waals surface area contributed by atoms with E-state index in [9.17, 15) is 14.9 Å². The lowest BCUT2D eigenvalue weighted by molar-refractivity contribution is -0.117. The Morgan fingerprint density at radius 1 is 1.08 bits per heavy atom. The molecule has 0 radical (unpaired) electrons. The predicted octanol–water partition coefficient (Wildman–Crippen LogP) is 6.09. The van der Waals surface area contributed by atoms with E-state index in [0.29, 0.717) is 40.1 Å². The van der Waals surface area contributed by atoms with E-state index >= 15 is 0 Å². The SMILES string of the molecule is Cc1ccc(N2C(=O)C(Cc3ccc(Cl)cc3Cl)SC2=C(C#N)C(=O)NCCc2ccccc2)cc1. The number of rotatable bonds is 7. The van der Waals surface area contributed by atoms with Gasteiger partial charge in [0.2, 0.25) is 5.91 Å². The van der Waals surface area contributed by atoms with Crippen LogP contribution in [0.25, 0.3) is 0 Å². The van der Waals surface area contributed by atoms with Crippen molar-refractivity contribution in [3.8, 4) is 6.07 Å². The fraction of sp³-hybridized carbons (Fsp3) is 0.179. The van der Waals surface area contributed by atoms with Crippen molar-refractivity contribution in [1.82, 2.24) is 5.32 Å². The first kappa shape index (κ1) is 25.8. The number of aryl methyl sites for hydroxylation is 1. The number of thioether (sulfide) groups is 1. The van der Waals surface area contributed by atoms with Gasteiger partial charge in [0.1, 0.15) is 16.7 Å². The van der Waals surface area contributed by atoms with Crippen LogP contribution in [-0.4, -0.2) is 23.6 Å². The van der Waals surface area contributed by atoms with Gasteiger partial charge in [-0.05, 0) is 55.2 Å². The number of amides is 2. The van der Waals surface area contributed by atoms with Crippen LogP contribution in [0.4, 0.5) is 5.69 Å². The Labute approximate surface area is 224 Å². The minimum absolute atomic E-state index is 0.0910. The maximum absolute atomic E-state index is 13.6. The lowest BCUT2D eigenvalue weighted by Gasteiger charge is -2.19. The molecular formula is C28H23Cl2N3O2S. The number of benzene rings is 3. The van der Waals surface area contributed by atoms with E-state index in [1.165, 1.54) is 16.7 Å². The van der Waals surface area contributed by atoms with E-state index in [1.54, 1.807) is 18.2 Å². The van der Waals surface area contributed by atoms with Crippen molar-refractivity contribution < 1.29 is 9.59 Å². The average molecular weight is 536 g/mol. The van der Waals surface area contributed by atoms with Crippen molar-refractivity contribution in [3.05, 3.63) is 110 Å². The Hall–Kier alpha value is -3.24. The molecule has 1 N–H and O–H groups in total. The van der Waals surface area contributed by atoms with Crippen LogP contribution in [0.3, 0.4) is 0 Å². The zero-order chi connectivity index (χ0) is 25.7. The number of nitrogens with zero attached hydrogens (tertiary/aromatic N) is 2. The molecule has 0 aromatic heterocycles. The molecule has 1 heterocycles. The maximum Gasteiger partial charge on any atom is 0.264 e. The van der Waals surface area contributed by atoms with Crippen LogP contribution in [0.15, 0.2) is 83.4 Å². The fourth-order valence-corrected chi connectivity index (χ4v) is 5.64. The van der Waals surface area contributed by atoms with E-state index in [-0.39, 0.29) is 11.5 Å². The van der Waals surface area contributed by atoms with Crippen LogP contribution in [-0.2, 0) is 22.4 Å². The summed E-state index contributed by atoms with van der Waals surface area (Å²) in [5.74, 6) is -0.722. The van der Waals surface area contributed by atoms with Gasteiger partial charge in [0, 0.05) is 22.3 Å². The first-order chi connectivity index (χ1) is 17.4. The predicted molar refractivity (Wildman–Crippen MR) is 146 cm³/mol. The van der Waals surface area contributed by atoms with Gasteiger partial charge in [-0.1, -0.05) is 89.1 Å². The molecule has 36 heavy (non-hydrogen) atoms. The summed E-state index contributed by atoms with van der Waals surface area (Å²) in [5.41, 5.74) is 3.39. The third kappa shape index (κ3) is 5.93. The minimum atomic E-state index is -0.555. The zero-order valence-electron chi connectivity index (χ0n) is 19.5. The summed E-state index contributed by atoms with van der Waals surface area (Å²) in [7, 11) is 0. The Kier molecular flexibility index (Phi) is 8.37. The van der Waals surface area contributed by atoms with Gasteiger partial charge in [-0.3, -0.25) is 14.5 Å². The molecule has 0 aliphatic carbocycles. The van der Waals surface area contributed by atoms with Crippen molar-refractivity contribution in [2.45, 2.75) is 25.0 Å². The van der Waals surface area contributed by atoms with E-state index in [2.05, 4.69) is 5.32 Å². The highest BCUT2D eigenvalue weighted by molar-refractivity contribution is 8.05. The molecule has 2 amide bonds. The van der Waals surface area contributed by atoms with Crippen molar-refractivity contribution in [3.63, 3.8) is 0 Å².